The summed E-state index contributed by atoms with van der Waals surface area (Å²) in [6, 6.07) is 4.30. The van der Waals surface area contributed by atoms with Crippen LogP contribution >= 0.6 is 0 Å². The van der Waals surface area contributed by atoms with Gasteiger partial charge in [-0.1, -0.05) is 0 Å². The Bertz CT molecular complexity index is 400. The molecule has 2 saturated heterocycles. The van der Waals surface area contributed by atoms with Gasteiger partial charge < -0.3 is 9.64 Å². The van der Waals surface area contributed by atoms with Gasteiger partial charge in [-0.2, -0.15) is 0 Å². The van der Waals surface area contributed by atoms with Crippen LogP contribution in [0.2, 0.25) is 0 Å². The predicted molar refractivity (Wildman–Crippen MR) is 76.3 cm³/mol. The first-order chi connectivity index (χ1) is 9.31. The standard InChI is InChI=1S/C15H23N3O/c1-13-4-5-15(9-16-13)18-6-2-3-14(11-18)10-17-7-8-19-12-17/h4-5,9,14H,2-3,6-8,10-12H2,1H3. The molecule has 4 nitrogen and oxygen atoms in total. The molecule has 2 fully saturated rings. The van der Waals surface area contributed by atoms with Crippen molar-refractivity contribution in [2.45, 2.75) is 19.8 Å². The second kappa shape index (κ2) is 5.88. The topological polar surface area (TPSA) is 28.6 Å². The summed E-state index contributed by atoms with van der Waals surface area (Å²) in [4.78, 5) is 9.33. The molecule has 4 heteroatoms. The second-order valence-corrected chi connectivity index (χ2v) is 5.73. The van der Waals surface area contributed by atoms with Crippen molar-refractivity contribution in [2.24, 2.45) is 5.92 Å². The molecule has 1 aromatic heterocycles. The Balaban J connectivity index is 1.59. The number of rotatable bonds is 3. The van der Waals surface area contributed by atoms with Gasteiger partial charge in [0.25, 0.3) is 0 Å². The second-order valence-electron chi connectivity index (χ2n) is 5.73. The van der Waals surface area contributed by atoms with Crippen LogP contribution in [0, 0.1) is 12.8 Å². The van der Waals surface area contributed by atoms with Gasteiger partial charge in [-0.05, 0) is 37.8 Å². The van der Waals surface area contributed by atoms with E-state index in [4.69, 9.17) is 4.74 Å². The highest BCUT2D eigenvalue weighted by molar-refractivity contribution is 5.44. The van der Waals surface area contributed by atoms with E-state index in [1.54, 1.807) is 0 Å². The highest BCUT2D eigenvalue weighted by atomic mass is 16.5. The minimum absolute atomic E-state index is 0.761. The maximum Gasteiger partial charge on any atom is 0.0991 e. The van der Waals surface area contributed by atoms with Crippen molar-refractivity contribution < 1.29 is 4.74 Å². The van der Waals surface area contributed by atoms with Crippen molar-refractivity contribution in [1.29, 1.82) is 0 Å². The van der Waals surface area contributed by atoms with E-state index in [0.29, 0.717) is 0 Å². The Kier molecular flexibility index (Phi) is 3.99. The summed E-state index contributed by atoms with van der Waals surface area (Å²) in [5.74, 6) is 0.761. The molecule has 1 atom stereocenters. The molecule has 19 heavy (non-hydrogen) atoms. The van der Waals surface area contributed by atoms with Crippen LogP contribution in [-0.4, -0.2) is 49.4 Å². The molecule has 0 aliphatic carbocycles. The summed E-state index contributed by atoms with van der Waals surface area (Å²) in [5.41, 5.74) is 2.36. The first-order valence-electron chi connectivity index (χ1n) is 7.29. The van der Waals surface area contributed by atoms with Crippen molar-refractivity contribution >= 4 is 5.69 Å². The van der Waals surface area contributed by atoms with Crippen LogP contribution in [0.1, 0.15) is 18.5 Å². The largest absolute Gasteiger partial charge is 0.370 e. The number of hydrogen-bond acceptors (Lipinski definition) is 4. The SMILES string of the molecule is Cc1ccc(N2CCCC(CN3CCOC3)C2)cn1. The van der Waals surface area contributed by atoms with Crippen LogP contribution in [0.4, 0.5) is 5.69 Å². The van der Waals surface area contributed by atoms with Crippen LogP contribution in [-0.2, 0) is 4.74 Å². The third kappa shape index (κ3) is 3.25. The third-order valence-corrected chi connectivity index (χ3v) is 4.12. The molecule has 0 saturated carbocycles. The molecule has 0 spiro atoms. The summed E-state index contributed by atoms with van der Waals surface area (Å²) in [7, 11) is 0. The summed E-state index contributed by atoms with van der Waals surface area (Å²) >= 11 is 0. The predicted octanol–water partition coefficient (Wildman–Crippen LogP) is 1.90. The number of piperidine rings is 1. The van der Waals surface area contributed by atoms with Crippen molar-refractivity contribution in [3.05, 3.63) is 24.0 Å². The van der Waals surface area contributed by atoms with E-state index < -0.39 is 0 Å². The van der Waals surface area contributed by atoms with Crippen molar-refractivity contribution in [2.75, 3.05) is 44.4 Å². The van der Waals surface area contributed by atoms with Crippen LogP contribution in [0.3, 0.4) is 0 Å². The number of nitrogens with zero attached hydrogens (tertiary/aromatic N) is 3. The van der Waals surface area contributed by atoms with Gasteiger partial charge in [0.15, 0.2) is 0 Å². The zero-order valence-corrected chi connectivity index (χ0v) is 11.7. The van der Waals surface area contributed by atoms with E-state index in [9.17, 15) is 0 Å². The van der Waals surface area contributed by atoms with Crippen LogP contribution in [0.25, 0.3) is 0 Å². The van der Waals surface area contributed by atoms with E-state index in [2.05, 4.69) is 26.9 Å². The minimum atomic E-state index is 0.761. The molecule has 0 N–H and O–H groups in total. The van der Waals surface area contributed by atoms with Crippen LogP contribution < -0.4 is 4.90 Å². The summed E-state index contributed by atoms with van der Waals surface area (Å²) in [6.07, 6.45) is 4.64. The molecule has 104 valence electrons. The molecular weight excluding hydrogens is 238 g/mol. The lowest BCUT2D eigenvalue weighted by atomic mass is 9.97. The van der Waals surface area contributed by atoms with Crippen LogP contribution in [0.5, 0.6) is 0 Å². The van der Waals surface area contributed by atoms with E-state index in [-0.39, 0.29) is 0 Å². The zero-order chi connectivity index (χ0) is 13.1. The minimum Gasteiger partial charge on any atom is -0.370 e. The fourth-order valence-corrected chi connectivity index (χ4v) is 3.06. The maximum absolute atomic E-state index is 5.43. The fraction of sp³-hybridized carbons (Fsp3) is 0.667. The molecule has 0 bridgehead atoms. The van der Waals surface area contributed by atoms with Gasteiger partial charge in [0.1, 0.15) is 0 Å². The molecule has 0 aromatic carbocycles. The highest BCUT2D eigenvalue weighted by Gasteiger charge is 2.23. The fourth-order valence-electron chi connectivity index (χ4n) is 3.06. The van der Waals surface area contributed by atoms with E-state index in [1.807, 2.05) is 13.1 Å². The lowest BCUT2D eigenvalue weighted by Crippen LogP contribution is -2.40. The Morgan fingerprint density at radius 1 is 1.37 bits per heavy atom. The molecule has 1 unspecified atom stereocenters. The average Bonchev–Trinajstić information content (AvgIpc) is 2.93. The molecule has 0 amide bonds. The van der Waals surface area contributed by atoms with Crippen molar-refractivity contribution in [3.63, 3.8) is 0 Å². The normalized spacial score (nSPS) is 24.9. The van der Waals surface area contributed by atoms with Gasteiger partial charge in [-0.15, -0.1) is 0 Å². The van der Waals surface area contributed by atoms with Gasteiger partial charge in [0, 0.05) is 31.9 Å². The molecule has 1 aromatic rings. The van der Waals surface area contributed by atoms with E-state index >= 15 is 0 Å². The van der Waals surface area contributed by atoms with Gasteiger partial charge in [0.2, 0.25) is 0 Å². The third-order valence-electron chi connectivity index (χ3n) is 4.12. The number of anilines is 1. The number of aryl methyl sites for hydroxylation is 1. The molecule has 2 aliphatic heterocycles. The van der Waals surface area contributed by atoms with Crippen molar-refractivity contribution in [1.82, 2.24) is 9.88 Å². The van der Waals surface area contributed by atoms with Gasteiger partial charge >= 0.3 is 0 Å². The Labute approximate surface area is 115 Å². The van der Waals surface area contributed by atoms with Gasteiger partial charge in [-0.3, -0.25) is 9.88 Å². The number of aromatic nitrogens is 1. The van der Waals surface area contributed by atoms with Crippen LogP contribution in [0.15, 0.2) is 18.3 Å². The first kappa shape index (κ1) is 12.9. The number of pyridine rings is 1. The zero-order valence-electron chi connectivity index (χ0n) is 11.7. The average molecular weight is 261 g/mol. The smallest absolute Gasteiger partial charge is 0.0991 e. The lowest BCUT2D eigenvalue weighted by molar-refractivity contribution is 0.127. The summed E-state index contributed by atoms with van der Waals surface area (Å²) in [6.45, 7) is 8.36. The first-order valence-corrected chi connectivity index (χ1v) is 7.29. The number of ether oxygens (including phenoxy) is 1. The molecular formula is C15H23N3O. The molecule has 3 heterocycles. The quantitative estimate of drug-likeness (QED) is 0.831. The van der Waals surface area contributed by atoms with E-state index in [1.165, 1.54) is 25.1 Å². The van der Waals surface area contributed by atoms with Gasteiger partial charge in [-0.25, -0.2) is 0 Å². The van der Waals surface area contributed by atoms with Gasteiger partial charge in [0.05, 0.1) is 25.2 Å². The summed E-state index contributed by atoms with van der Waals surface area (Å²) in [5, 5.41) is 0. The van der Waals surface area contributed by atoms with E-state index in [0.717, 1.165) is 44.6 Å². The number of hydrogen-bond donors (Lipinski definition) is 0. The monoisotopic (exact) mass is 261 g/mol. The Morgan fingerprint density at radius 3 is 3.05 bits per heavy atom. The Morgan fingerprint density at radius 2 is 2.32 bits per heavy atom. The molecule has 0 radical (unpaired) electrons. The Hall–Kier alpha value is -1.13. The highest BCUT2D eigenvalue weighted by Crippen LogP contribution is 2.23. The molecule has 3 rings (SSSR count). The summed E-state index contributed by atoms with van der Waals surface area (Å²) < 4.78 is 5.43. The molecule has 2 aliphatic rings. The van der Waals surface area contributed by atoms with Crippen molar-refractivity contribution in [3.8, 4) is 0 Å². The lowest BCUT2D eigenvalue weighted by Gasteiger charge is -2.35. The maximum atomic E-state index is 5.43.